The molecule has 0 aliphatic carbocycles. The van der Waals surface area contributed by atoms with Crippen LogP contribution in [0.15, 0.2) is 54.6 Å². The first kappa shape index (κ1) is 10.7. The van der Waals surface area contributed by atoms with Crippen LogP contribution in [0.2, 0.25) is 0 Å². The van der Waals surface area contributed by atoms with E-state index in [0.29, 0.717) is 5.75 Å². The second kappa shape index (κ2) is 4.81. The Balaban J connectivity index is 2.19. The Morgan fingerprint density at radius 3 is 2.31 bits per heavy atom. The summed E-state index contributed by atoms with van der Waals surface area (Å²) in [5.74, 6) is 1.48. The highest BCUT2D eigenvalue weighted by Gasteiger charge is 2.04. The van der Waals surface area contributed by atoms with E-state index < -0.39 is 6.10 Å². The number of para-hydroxylation sites is 1. The highest BCUT2D eigenvalue weighted by Crippen LogP contribution is 2.24. The van der Waals surface area contributed by atoms with E-state index in [9.17, 15) is 5.11 Å². The molecule has 2 heteroatoms. The lowest BCUT2D eigenvalue weighted by Crippen LogP contribution is -1.90. The van der Waals surface area contributed by atoms with Crippen molar-refractivity contribution in [3.63, 3.8) is 0 Å². The van der Waals surface area contributed by atoms with Crippen molar-refractivity contribution < 1.29 is 9.84 Å². The molecule has 2 aromatic carbocycles. The Hall–Kier alpha value is -1.80. The van der Waals surface area contributed by atoms with Gasteiger partial charge in [0.15, 0.2) is 0 Å². The van der Waals surface area contributed by atoms with Crippen LogP contribution in [0.3, 0.4) is 0 Å². The molecule has 0 N–H and O–H groups in total. The van der Waals surface area contributed by atoms with E-state index >= 15 is 0 Å². The van der Waals surface area contributed by atoms with Gasteiger partial charge in [0, 0.05) is 0 Å². The minimum atomic E-state index is -0.723. The number of hydrogen-bond donors (Lipinski definition) is 0. The van der Waals surface area contributed by atoms with Crippen molar-refractivity contribution in [2.24, 2.45) is 0 Å². The van der Waals surface area contributed by atoms with Crippen LogP contribution in [0, 0.1) is 0 Å². The maximum absolute atomic E-state index is 11.3. The van der Waals surface area contributed by atoms with Crippen molar-refractivity contribution >= 4 is 0 Å². The van der Waals surface area contributed by atoms with Gasteiger partial charge in [-0.3, -0.25) is 0 Å². The predicted octanol–water partition coefficient (Wildman–Crippen LogP) is 3.97. The number of ether oxygens (including phenoxy) is 1. The second-order valence-corrected chi connectivity index (χ2v) is 3.63. The molecule has 1 radical (unpaired) electrons. The van der Waals surface area contributed by atoms with Crippen molar-refractivity contribution in [1.82, 2.24) is 0 Å². The minimum absolute atomic E-state index is 0.700. The topological polar surface area (TPSA) is 29.1 Å². The maximum atomic E-state index is 11.3. The molecule has 0 aliphatic heterocycles. The summed E-state index contributed by atoms with van der Waals surface area (Å²) in [7, 11) is 0. The predicted molar refractivity (Wildman–Crippen MR) is 62.1 cm³/mol. The van der Waals surface area contributed by atoms with Gasteiger partial charge in [-0.2, -0.15) is 0 Å². The van der Waals surface area contributed by atoms with Gasteiger partial charge in [0.05, 0.1) is 0 Å². The molecule has 2 nitrogen and oxygen atoms in total. The monoisotopic (exact) mass is 213 g/mol. The van der Waals surface area contributed by atoms with Gasteiger partial charge in [0.25, 0.3) is 0 Å². The van der Waals surface area contributed by atoms with Crippen molar-refractivity contribution in [1.29, 1.82) is 0 Å². The Kier molecular flexibility index (Phi) is 3.22. The average molecular weight is 213 g/mol. The Bertz CT molecular complexity index is 449. The first-order chi connectivity index (χ1) is 7.75. The third-order valence-corrected chi connectivity index (χ3v) is 2.31. The van der Waals surface area contributed by atoms with E-state index in [1.165, 1.54) is 0 Å². The van der Waals surface area contributed by atoms with E-state index in [2.05, 4.69) is 0 Å². The van der Waals surface area contributed by atoms with Crippen LogP contribution in [-0.4, -0.2) is 0 Å². The van der Waals surface area contributed by atoms with Gasteiger partial charge in [-0.05, 0) is 36.8 Å². The molecule has 2 rings (SSSR count). The fourth-order valence-electron chi connectivity index (χ4n) is 1.46. The summed E-state index contributed by atoms with van der Waals surface area (Å²) < 4.78 is 5.63. The average Bonchev–Trinajstić information content (AvgIpc) is 2.30. The van der Waals surface area contributed by atoms with Gasteiger partial charge in [0.2, 0.25) is 0 Å². The first-order valence-corrected chi connectivity index (χ1v) is 5.24. The van der Waals surface area contributed by atoms with Crippen molar-refractivity contribution in [2.75, 3.05) is 0 Å². The molecule has 2 aromatic rings. The van der Waals surface area contributed by atoms with Gasteiger partial charge in [-0.25, -0.2) is 5.11 Å². The molecule has 81 valence electrons. The molecule has 0 amide bonds. The van der Waals surface area contributed by atoms with Crippen molar-refractivity contribution in [2.45, 2.75) is 13.0 Å². The highest BCUT2D eigenvalue weighted by atomic mass is 16.5. The van der Waals surface area contributed by atoms with Crippen molar-refractivity contribution in [3.8, 4) is 11.5 Å². The molecule has 0 aliphatic rings. The lowest BCUT2D eigenvalue weighted by Gasteiger charge is -2.08. The lowest BCUT2D eigenvalue weighted by atomic mass is 10.1. The third kappa shape index (κ3) is 2.61. The number of rotatable bonds is 3. The fourth-order valence-corrected chi connectivity index (χ4v) is 1.46. The summed E-state index contributed by atoms with van der Waals surface area (Å²) in [6.07, 6.45) is -0.723. The van der Waals surface area contributed by atoms with Gasteiger partial charge in [-0.15, -0.1) is 0 Å². The Labute approximate surface area is 95.1 Å². The molecule has 1 atom stereocenters. The molecule has 0 spiro atoms. The summed E-state index contributed by atoms with van der Waals surface area (Å²) in [5, 5.41) is 11.3. The molecule has 0 aromatic heterocycles. The van der Waals surface area contributed by atoms with Gasteiger partial charge >= 0.3 is 0 Å². The molecule has 0 saturated heterocycles. The van der Waals surface area contributed by atoms with Crippen LogP contribution in [0.4, 0.5) is 0 Å². The van der Waals surface area contributed by atoms with Gasteiger partial charge in [0.1, 0.15) is 17.6 Å². The largest absolute Gasteiger partial charge is 0.457 e. The summed E-state index contributed by atoms with van der Waals surface area (Å²) in [5.41, 5.74) is 0.744. The molecular formula is C14H13O2. The van der Waals surface area contributed by atoms with Crippen molar-refractivity contribution in [3.05, 3.63) is 60.2 Å². The van der Waals surface area contributed by atoms with Crippen LogP contribution in [0.5, 0.6) is 11.5 Å². The standard InChI is InChI=1S/C14H13O2/c1-11(15)12-6-5-9-14(10-12)16-13-7-3-2-4-8-13/h2-11H,1H3. The zero-order chi connectivity index (χ0) is 11.4. The zero-order valence-electron chi connectivity index (χ0n) is 9.09. The van der Waals surface area contributed by atoms with Gasteiger partial charge < -0.3 is 4.74 Å². The number of benzene rings is 2. The Morgan fingerprint density at radius 1 is 0.938 bits per heavy atom. The molecule has 0 fully saturated rings. The van der Waals surface area contributed by atoms with E-state index in [-0.39, 0.29) is 0 Å². The lowest BCUT2D eigenvalue weighted by molar-refractivity contribution is 0.106. The van der Waals surface area contributed by atoms with Crippen LogP contribution in [0.1, 0.15) is 18.6 Å². The van der Waals surface area contributed by atoms with E-state index in [0.717, 1.165) is 11.3 Å². The summed E-state index contributed by atoms with van der Waals surface area (Å²) >= 11 is 0. The minimum Gasteiger partial charge on any atom is -0.457 e. The van der Waals surface area contributed by atoms with Gasteiger partial charge in [-0.1, -0.05) is 30.3 Å². The fraction of sp³-hybridized carbons (Fsp3) is 0.143. The van der Waals surface area contributed by atoms with E-state index in [1.54, 1.807) is 13.0 Å². The second-order valence-electron chi connectivity index (χ2n) is 3.63. The quantitative estimate of drug-likeness (QED) is 0.758. The zero-order valence-corrected chi connectivity index (χ0v) is 9.09. The summed E-state index contributed by atoms with van der Waals surface area (Å²) in [6, 6.07) is 16.8. The SMILES string of the molecule is CC([O])c1cccc(Oc2ccccc2)c1. The molecule has 0 saturated carbocycles. The number of hydrogen-bond acceptors (Lipinski definition) is 1. The van der Waals surface area contributed by atoms with Crippen LogP contribution >= 0.6 is 0 Å². The molecular weight excluding hydrogens is 200 g/mol. The first-order valence-electron chi connectivity index (χ1n) is 5.24. The molecule has 0 heterocycles. The maximum Gasteiger partial charge on any atom is 0.127 e. The van der Waals surface area contributed by atoms with Crippen LogP contribution in [0.25, 0.3) is 0 Å². The van der Waals surface area contributed by atoms with Crippen LogP contribution < -0.4 is 4.74 Å². The molecule has 1 unspecified atom stereocenters. The Morgan fingerprint density at radius 2 is 1.62 bits per heavy atom. The highest BCUT2D eigenvalue weighted by molar-refractivity contribution is 5.34. The van der Waals surface area contributed by atoms with E-state index in [1.807, 2.05) is 48.5 Å². The van der Waals surface area contributed by atoms with E-state index in [4.69, 9.17) is 4.74 Å². The third-order valence-electron chi connectivity index (χ3n) is 2.31. The molecule has 16 heavy (non-hydrogen) atoms. The molecule has 0 bridgehead atoms. The smallest absolute Gasteiger partial charge is 0.127 e. The summed E-state index contributed by atoms with van der Waals surface area (Å²) in [4.78, 5) is 0. The van der Waals surface area contributed by atoms with Crippen LogP contribution in [-0.2, 0) is 5.11 Å². The normalized spacial score (nSPS) is 12.1. The summed E-state index contributed by atoms with van der Waals surface area (Å²) in [6.45, 7) is 1.63.